The van der Waals surface area contributed by atoms with E-state index in [4.69, 9.17) is 0 Å². The molecular weight excluding hydrogens is 300 g/mol. The van der Waals surface area contributed by atoms with E-state index in [9.17, 15) is 9.90 Å². The zero-order valence-corrected chi connectivity index (χ0v) is 14.1. The summed E-state index contributed by atoms with van der Waals surface area (Å²) in [6.07, 6.45) is 3.46. The molecule has 0 unspecified atom stereocenters. The van der Waals surface area contributed by atoms with Gasteiger partial charge in [0.1, 0.15) is 11.4 Å². The number of nitrogens with zero attached hydrogens (tertiary/aromatic N) is 2. The van der Waals surface area contributed by atoms with E-state index >= 15 is 0 Å². The van der Waals surface area contributed by atoms with Crippen LogP contribution in [0.3, 0.4) is 0 Å². The van der Waals surface area contributed by atoms with Gasteiger partial charge in [0, 0.05) is 24.3 Å². The highest BCUT2D eigenvalue weighted by Gasteiger charge is 2.22. The molecule has 0 bridgehead atoms. The van der Waals surface area contributed by atoms with Crippen molar-refractivity contribution in [3.05, 3.63) is 72.5 Å². The molecule has 1 aromatic heterocycles. The Morgan fingerprint density at radius 1 is 1.21 bits per heavy atom. The van der Waals surface area contributed by atoms with Gasteiger partial charge in [0.25, 0.3) is 0 Å². The second kappa shape index (κ2) is 7.59. The van der Waals surface area contributed by atoms with E-state index in [2.05, 4.69) is 18.1 Å². The van der Waals surface area contributed by atoms with Crippen molar-refractivity contribution in [1.29, 1.82) is 0 Å². The smallest absolute Gasteiger partial charge is 0.340 e. The number of rotatable bonds is 7. The third-order valence-electron chi connectivity index (χ3n) is 3.67. The van der Waals surface area contributed by atoms with E-state index in [1.807, 2.05) is 49.1 Å². The summed E-state index contributed by atoms with van der Waals surface area (Å²) in [4.78, 5) is 18.4. The van der Waals surface area contributed by atoms with Gasteiger partial charge in [-0.05, 0) is 25.5 Å². The number of carboxylic acids is 1. The number of hydrogen-bond donors (Lipinski definition) is 1. The molecule has 0 aliphatic rings. The van der Waals surface area contributed by atoms with Gasteiger partial charge < -0.3 is 10.0 Å². The van der Waals surface area contributed by atoms with Gasteiger partial charge in [-0.25, -0.2) is 9.78 Å². The minimum atomic E-state index is -0.993. The zero-order valence-electron chi connectivity index (χ0n) is 14.1. The second-order valence-electron chi connectivity index (χ2n) is 5.67. The van der Waals surface area contributed by atoms with Crippen molar-refractivity contribution in [2.24, 2.45) is 0 Å². The molecule has 0 aliphatic heterocycles. The molecule has 1 aromatic carbocycles. The van der Waals surface area contributed by atoms with E-state index in [0.29, 0.717) is 24.5 Å². The maximum atomic E-state index is 12.0. The van der Waals surface area contributed by atoms with Crippen LogP contribution in [0, 0.1) is 13.8 Å². The number of benzene rings is 1. The summed E-state index contributed by atoms with van der Waals surface area (Å²) in [7, 11) is 0. The van der Waals surface area contributed by atoms with Crippen LogP contribution in [0.5, 0.6) is 0 Å². The van der Waals surface area contributed by atoms with Crippen LogP contribution in [-0.2, 0) is 0 Å². The number of aryl methyl sites for hydroxylation is 2. The van der Waals surface area contributed by atoms with E-state index in [0.717, 1.165) is 16.8 Å². The number of carboxylic acid groups (broad SMARTS) is 1. The predicted molar refractivity (Wildman–Crippen MR) is 98.7 cm³/mol. The summed E-state index contributed by atoms with van der Waals surface area (Å²) in [5.41, 5.74) is 3.59. The van der Waals surface area contributed by atoms with Crippen molar-refractivity contribution in [1.82, 2.24) is 4.98 Å². The Kier molecular flexibility index (Phi) is 5.53. The Morgan fingerprint density at radius 3 is 2.42 bits per heavy atom. The largest absolute Gasteiger partial charge is 0.478 e. The fourth-order valence-corrected chi connectivity index (χ4v) is 2.70. The molecule has 0 fully saturated rings. The Morgan fingerprint density at radius 2 is 1.88 bits per heavy atom. The number of hydrogen-bond acceptors (Lipinski definition) is 3. The van der Waals surface area contributed by atoms with Crippen LogP contribution in [-0.4, -0.2) is 29.1 Å². The Bertz CT molecular complexity index is 771. The summed E-state index contributed by atoms with van der Waals surface area (Å²) in [6.45, 7) is 12.3. The van der Waals surface area contributed by atoms with Crippen LogP contribution in [0.2, 0.25) is 0 Å². The normalized spacial score (nSPS) is 10.2. The van der Waals surface area contributed by atoms with E-state index < -0.39 is 5.97 Å². The fraction of sp³-hybridized carbons (Fsp3) is 0.200. The number of aromatic carboxylic acids is 1. The average Bonchev–Trinajstić information content (AvgIpc) is 2.53. The molecular formula is C20H22N2O2. The number of aromatic nitrogens is 1. The van der Waals surface area contributed by atoms with Crippen molar-refractivity contribution in [3.63, 3.8) is 0 Å². The van der Waals surface area contributed by atoms with E-state index in [1.165, 1.54) is 0 Å². The molecule has 0 saturated heterocycles. The standard InChI is InChI=1S/C20H22N2O2/c1-5-10-22(11-6-2)19-18(20(23)24)17(13-15(4)21-19)16-9-7-8-14(3)12-16/h5-9,12-13H,1-2,10-11H2,3-4H3,(H,23,24). The maximum absolute atomic E-state index is 12.0. The first kappa shape index (κ1) is 17.5. The van der Waals surface area contributed by atoms with Crippen LogP contribution in [0.15, 0.2) is 55.6 Å². The summed E-state index contributed by atoms with van der Waals surface area (Å²) in [6, 6.07) is 9.64. The van der Waals surface area contributed by atoms with E-state index in [-0.39, 0.29) is 5.56 Å². The molecule has 1 N–H and O–H groups in total. The van der Waals surface area contributed by atoms with Crippen molar-refractivity contribution in [2.75, 3.05) is 18.0 Å². The van der Waals surface area contributed by atoms with Crippen molar-refractivity contribution < 1.29 is 9.90 Å². The number of anilines is 1. The molecule has 0 atom stereocenters. The van der Waals surface area contributed by atoms with Gasteiger partial charge in [-0.15, -0.1) is 13.2 Å². The van der Waals surface area contributed by atoms with Crippen LogP contribution >= 0.6 is 0 Å². The second-order valence-corrected chi connectivity index (χ2v) is 5.67. The van der Waals surface area contributed by atoms with Gasteiger partial charge >= 0.3 is 5.97 Å². The minimum Gasteiger partial charge on any atom is -0.478 e. The fourth-order valence-electron chi connectivity index (χ4n) is 2.70. The van der Waals surface area contributed by atoms with E-state index in [1.54, 1.807) is 12.2 Å². The summed E-state index contributed by atoms with van der Waals surface area (Å²) >= 11 is 0. The van der Waals surface area contributed by atoms with Gasteiger partial charge in [0.05, 0.1) is 0 Å². The molecule has 124 valence electrons. The first-order valence-electron chi connectivity index (χ1n) is 7.76. The van der Waals surface area contributed by atoms with Crippen molar-refractivity contribution in [3.8, 4) is 11.1 Å². The molecule has 4 heteroatoms. The highest BCUT2D eigenvalue weighted by molar-refractivity contribution is 6.01. The lowest BCUT2D eigenvalue weighted by Crippen LogP contribution is -2.27. The molecule has 0 saturated carbocycles. The molecule has 0 radical (unpaired) electrons. The number of carbonyl (C=O) groups is 1. The molecule has 24 heavy (non-hydrogen) atoms. The molecule has 0 amide bonds. The minimum absolute atomic E-state index is 0.204. The first-order chi connectivity index (χ1) is 11.5. The lowest BCUT2D eigenvalue weighted by Gasteiger charge is -2.24. The van der Waals surface area contributed by atoms with Crippen LogP contribution in [0.4, 0.5) is 5.82 Å². The van der Waals surface area contributed by atoms with Crippen molar-refractivity contribution >= 4 is 11.8 Å². The number of pyridine rings is 1. The lowest BCUT2D eigenvalue weighted by atomic mass is 9.98. The van der Waals surface area contributed by atoms with Crippen LogP contribution < -0.4 is 4.90 Å². The molecule has 1 heterocycles. The summed E-state index contributed by atoms with van der Waals surface area (Å²) in [5, 5.41) is 9.84. The van der Waals surface area contributed by atoms with Gasteiger partial charge in [-0.3, -0.25) is 0 Å². The topological polar surface area (TPSA) is 53.4 Å². The van der Waals surface area contributed by atoms with Gasteiger partial charge in [0.15, 0.2) is 0 Å². The Balaban J connectivity index is 2.74. The van der Waals surface area contributed by atoms with Crippen molar-refractivity contribution in [2.45, 2.75) is 13.8 Å². The highest BCUT2D eigenvalue weighted by atomic mass is 16.4. The molecule has 2 aromatic rings. The Hall–Kier alpha value is -2.88. The monoisotopic (exact) mass is 322 g/mol. The van der Waals surface area contributed by atoms with Crippen LogP contribution in [0.25, 0.3) is 11.1 Å². The lowest BCUT2D eigenvalue weighted by molar-refractivity contribution is 0.0698. The molecule has 0 aliphatic carbocycles. The van der Waals surface area contributed by atoms with Gasteiger partial charge in [-0.1, -0.05) is 42.0 Å². The highest BCUT2D eigenvalue weighted by Crippen LogP contribution is 2.31. The maximum Gasteiger partial charge on any atom is 0.340 e. The Labute approximate surface area is 142 Å². The zero-order chi connectivity index (χ0) is 17.7. The third kappa shape index (κ3) is 3.71. The first-order valence-corrected chi connectivity index (χ1v) is 7.76. The van der Waals surface area contributed by atoms with Crippen LogP contribution in [0.1, 0.15) is 21.6 Å². The van der Waals surface area contributed by atoms with Gasteiger partial charge in [0.2, 0.25) is 0 Å². The third-order valence-corrected chi connectivity index (χ3v) is 3.67. The average molecular weight is 322 g/mol. The molecule has 0 spiro atoms. The molecule has 4 nitrogen and oxygen atoms in total. The molecule has 2 rings (SSSR count). The van der Waals surface area contributed by atoms with Gasteiger partial charge in [-0.2, -0.15) is 0 Å². The summed E-state index contributed by atoms with van der Waals surface area (Å²) in [5.74, 6) is -0.550. The predicted octanol–water partition coefficient (Wildman–Crippen LogP) is 4.24. The summed E-state index contributed by atoms with van der Waals surface area (Å²) < 4.78 is 0. The SMILES string of the molecule is C=CCN(CC=C)c1nc(C)cc(-c2cccc(C)c2)c1C(=O)O. The quantitative estimate of drug-likeness (QED) is 0.775.